The van der Waals surface area contributed by atoms with Gasteiger partial charge < -0.3 is 47.7 Å². The molecule has 0 saturated heterocycles. The van der Waals surface area contributed by atoms with Crippen LogP contribution in [0, 0.1) is 0 Å². The Morgan fingerprint density at radius 3 is 1.15 bits per heavy atom. The number of unbranched alkanes of at least 4 members (excludes halogenated alkanes) is 4. The third-order valence-electron chi connectivity index (χ3n) is 5.29. The molecule has 0 amide bonds. The summed E-state index contributed by atoms with van der Waals surface area (Å²) in [6.07, 6.45) is 6.21. The summed E-state index contributed by atoms with van der Waals surface area (Å²) in [6.45, 7) is 8.35. The molecule has 0 rings (SSSR count). The molecule has 0 unspecified atom stereocenters. The Hall–Kier alpha value is -0.650. The van der Waals surface area contributed by atoms with Crippen LogP contribution < -0.4 is 0 Å². The summed E-state index contributed by atoms with van der Waals surface area (Å²) in [5.74, 6) is -1.20. The van der Waals surface area contributed by atoms with Crippen LogP contribution in [0.4, 0.5) is 0 Å². The Labute approximate surface area is 259 Å². The van der Waals surface area contributed by atoms with Gasteiger partial charge in [-0.3, -0.25) is 9.59 Å². The number of carboxylic acid groups (broad SMARTS) is 1. The molecule has 13 heteroatoms. The molecule has 0 bridgehead atoms. The van der Waals surface area contributed by atoms with E-state index in [1.807, 2.05) is 0 Å². The van der Waals surface area contributed by atoms with Crippen molar-refractivity contribution in [3.8, 4) is 0 Å². The number of hydrogen-bond acceptors (Lipinski definition) is 11. The van der Waals surface area contributed by atoms with Gasteiger partial charge in [0.25, 0.3) is 0 Å². The van der Waals surface area contributed by atoms with E-state index in [4.69, 9.17) is 47.7 Å². The zero-order chi connectivity index (χ0) is 29.9. The molecule has 0 aromatic carbocycles. The molecule has 0 fully saturated rings. The van der Waals surface area contributed by atoms with Crippen molar-refractivity contribution in [2.75, 3.05) is 117 Å². The van der Waals surface area contributed by atoms with Crippen molar-refractivity contribution in [1.29, 1.82) is 0 Å². The number of carbonyl (C=O) groups excluding carboxylic acids is 1. The molecule has 0 spiro atoms. The molecule has 244 valence electrons. The first-order valence-corrected chi connectivity index (χ1v) is 16.2. The van der Waals surface area contributed by atoms with E-state index >= 15 is 0 Å². The quantitative estimate of drug-likeness (QED) is 0.0448. The third-order valence-corrected chi connectivity index (χ3v) is 6.05. The van der Waals surface area contributed by atoms with Crippen molar-refractivity contribution < 1.29 is 57.3 Å². The van der Waals surface area contributed by atoms with E-state index in [9.17, 15) is 9.59 Å². The number of aliphatic carboxylic acids is 1. The van der Waals surface area contributed by atoms with Gasteiger partial charge in [0.2, 0.25) is 0 Å². The van der Waals surface area contributed by atoms with E-state index in [0.29, 0.717) is 112 Å². The van der Waals surface area contributed by atoms with Crippen LogP contribution in [0.25, 0.3) is 0 Å². The number of rotatable bonds is 35. The molecular weight excluding hydrogens is 655 g/mol. The lowest BCUT2D eigenvalue weighted by atomic mass is 10.2. The topological polar surface area (TPSA) is 137 Å². The van der Waals surface area contributed by atoms with Gasteiger partial charge >= 0.3 is 11.9 Å². The third kappa shape index (κ3) is 37.3. The molecule has 0 aliphatic rings. The van der Waals surface area contributed by atoms with Crippen LogP contribution >= 0.6 is 22.6 Å². The Morgan fingerprint density at radius 2 is 0.756 bits per heavy atom. The molecule has 0 aromatic heterocycles. The fraction of sp³-hybridized carbons (Fsp3) is 0.929. The van der Waals surface area contributed by atoms with Crippen molar-refractivity contribution >= 4 is 34.5 Å². The van der Waals surface area contributed by atoms with Gasteiger partial charge in [-0.1, -0.05) is 35.4 Å². The molecule has 0 radical (unpaired) electrons. The molecule has 0 aromatic rings. The van der Waals surface area contributed by atoms with Crippen molar-refractivity contribution in [3.05, 3.63) is 0 Å². The number of halogens is 1. The van der Waals surface area contributed by atoms with Gasteiger partial charge in [0.1, 0.15) is 6.61 Å². The molecule has 0 saturated carbocycles. The molecule has 0 aliphatic heterocycles. The van der Waals surface area contributed by atoms with Gasteiger partial charge in [0, 0.05) is 19.4 Å². The fourth-order valence-corrected chi connectivity index (χ4v) is 3.67. The average molecular weight is 709 g/mol. The zero-order valence-corrected chi connectivity index (χ0v) is 26.9. The molecular formula is C28H53IO12. The molecule has 0 atom stereocenters. The van der Waals surface area contributed by atoms with E-state index < -0.39 is 5.97 Å². The predicted molar refractivity (Wildman–Crippen MR) is 161 cm³/mol. The summed E-state index contributed by atoms with van der Waals surface area (Å²) in [5, 5.41) is 8.54. The lowest BCUT2D eigenvalue weighted by molar-refractivity contribution is -0.146. The van der Waals surface area contributed by atoms with Crippen LogP contribution in [-0.2, 0) is 52.2 Å². The molecule has 12 nitrogen and oxygen atoms in total. The van der Waals surface area contributed by atoms with Crippen molar-refractivity contribution in [2.45, 2.75) is 51.4 Å². The van der Waals surface area contributed by atoms with Crippen molar-refractivity contribution in [2.24, 2.45) is 0 Å². The first-order valence-electron chi connectivity index (χ1n) is 14.7. The maximum absolute atomic E-state index is 11.5. The van der Waals surface area contributed by atoms with Crippen LogP contribution in [0.3, 0.4) is 0 Å². The van der Waals surface area contributed by atoms with Gasteiger partial charge in [-0.2, -0.15) is 0 Å². The minimum absolute atomic E-state index is 0.0652. The fourth-order valence-electron chi connectivity index (χ4n) is 3.13. The summed E-state index contributed by atoms with van der Waals surface area (Å²) in [7, 11) is 0. The maximum atomic E-state index is 11.5. The summed E-state index contributed by atoms with van der Waals surface area (Å²) in [4.78, 5) is 21.8. The Kier molecular flexibility index (Phi) is 35.0. The van der Waals surface area contributed by atoms with Crippen molar-refractivity contribution in [1.82, 2.24) is 0 Å². The minimum atomic E-state index is -0.859. The van der Waals surface area contributed by atoms with Crippen LogP contribution in [0.5, 0.6) is 0 Å². The van der Waals surface area contributed by atoms with E-state index in [1.54, 1.807) is 0 Å². The zero-order valence-electron chi connectivity index (χ0n) is 24.7. The SMILES string of the molecule is O=C(O)CCCCC(=O)OCCOCCOCCOCCOCCOCCOCCOCCOCCCCCCI. The van der Waals surface area contributed by atoms with Gasteiger partial charge in [-0.05, 0) is 30.1 Å². The molecule has 0 heterocycles. The van der Waals surface area contributed by atoms with E-state index in [1.165, 1.54) is 23.7 Å². The maximum Gasteiger partial charge on any atom is 0.305 e. The van der Waals surface area contributed by atoms with Crippen LogP contribution in [-0.4, -0.2) is 134 Å². The second-order valence-electron chi connectivity index (χ2n) is 8.82. The Morgan fingerprint density at radius 1 is 0.415 bits per heavy atom. The highest BCUT2D eigenvalue weighted by Gasteiger charge is 2.04. The second-order valence-corrected chi connectivity index (χ2v) is 9.90. The number of carbonyl (C=O) groups is 2. The number of alkyl halides is 1. The van der Waals surface area contributed by atoms with Crippen molar-refractivity contribution in [3.63, 3.8) is 0 Å². The predicted octanol–water partition coefficient (Wildman–Crippen LogP) is 3.30. The van der Waals surface area contributed by atoms with Crippen LogP contribution in [0.1, 0.15) is 51.4 Å². The lowest BCUT2D eigenvalue weighted by Gasteiger charge is -2.09. The van der Waals surface area contributed by atoms with Gasteiger partial charge in [-0.15, -0.1) is 0 Å². The standard InChI is InChI=1S/C28H53IO12/c29-9-5-1-2-6-10-33-11-12-34-13-14-35-15-16-36-17-18-37-19-20-38-21-22-39-23-24-40-25-26-41-28(32)8-4-3-7-27(30)31/h1-26H2,(H,30,31). The van der Waals surface area contributed by atoms with E-state index in [-0.39, 0.29) is 25.4 Å². The van der Waals surface area contributed by atoms with E-state index in [2.05, 4.69) is 22.6 Å². The minimum Gasteiger partial charge on any atom is -0.481 e. The summed E-state index contributed by atoms with van der Waals surface area (Å²) < 4.78 is 49.8. The lowest BCUT2D eigenvalue weighted by Crippen LogP contribution is -2.15. The number of carboxylic acids is 1. The van der Waals surface area contributed by atoms with E-state index in [0.717, 1.165) is 13.0 Å². The second kappa shape index (κ2) is 35.5. The molecule has 1 N–H and O–H groups in total. The first-order chi connectivity index (χ1) is 20.2. The largest absolute Gasteiger partial charge is 0.481 e. The van der Waals surface area contributed by atoms with Crippen LogP contribution in [0.15, 0.2) is 0 Å². The van der Waals surface area contributed by atoms with Gasteiger partial charge in [-0.25, -0.2) is 0 Å². The molecule has 0 aliphatic carbocycles. The summed E-state index contributed by atoms with van der Waals surface area (Å²) in [5.41, 5.74) is 0. The first kappa shape index (κ1) is 40.4. The number of hydrogen-bond donors (Lipinski definition) is 1. The smallest absolute Gasteiger partial charge is 0.305 e. The number of esters is 1. The summed E-state index contributed by atoms with van der Waals surface area (Å²) >= 11 is 2.41. The summed E-state index contributed by atoms with van der Waals surface area (Å²) in [6, 6.07) is 0. The molecule has 41 heavy (non-hydrogen) atoms. The highest BCUT2D eigenvalue weighted by molar-refractivity contribution is 14.1. The Balaban J connectivity index is 3.09. The highest BCUT2D eigenvalue weighted by Crippen LogP contribution is 2.02. The van der Waals surface area contributed by atoms with Gasteiger partial charge in [0.05, 0.1) is 99.1 Å². The average Bonchev–Trinajstić information content (AvgIpc) is 2.96. The monoisotopic (exact) mass is 708 g/mol. The highest BCUT2D eigenvalue weighted by atomic mass is 127. The van der Waals surface area contributed by atoms with Gasteiger partial charge in [0.15, 0.2) is 0 Å². The number of ether oxygens (including phenoxy) is 9. The normalized spacial score (nSPS) is 11.2. The van der Waals surface area contributed by atoms with Crippen LogP contribution in [0.2, 0.25) is 0 Å². The Bertz CT molecular complexity index is 556.